The van der Waals surface area contributed by atoms with Gasteiger partial charge in [0.25, 0.3) is 5.91 Å². The number of rotatable bonds is 5. The van der Waals surface area contributed by atoms with Gasteiger partial charge in [-0.2, -0.15) is 10.2 Å². The Bertz CT molecular complexity index is 1180. The average molecular weight is 455 g/mol. The molecule has 168 valence electrons. The molecule has 0 spiro atoms. The molecule has 0 aliphatic heterocycles. The highest BCUT2D eigenvalue weighted by Gasteiger charge is 2.21. The number of esters is 1. The Morgan fingerprint density at radius 2 is 1.75 bits per heavy atom. The van der Waals surface area contributed by atoms with Crippen molar-refractivity contribution in [3.8, 4) is 17.0 Å². The van der Waals surface area contributed by atoms with E-state index in [9.17, 15) is 14.7 Å². The number of ether oxygens (including phenoxy) is 1. The molecule has 0 radical (unpaired) electrons. The summed E-state index contributed by atoms with van der Waals surface area (Å²) in [6.45, 7) is 8.07. The third-order valence-electron chi connectivity index (χ3n) is 4.93. The van der Waals surface area contributed by atoms with E-state index in [1.54, 1.807) is 18.7 Å². The monoisotopic (exact) mass is 454 g/mol. The van der Waals surface area contributed by atoms with Gasteiger partial charge < -0.3 is 9.84 Å². The smallest absolute Gasteiger partial charge is 0.348 e. The fourth-order valence-corrected chi connectivity index (χ4v) is 3.94. The Morgan fingerprint density at radius 3 is 2.34 bits per heavy atom. The minimum atomic E-state index is -0.504. The number of amides is 1. The summed E-state index contributed by atoms with van der Waals surface area (Å²) in [6, 6.07) is 11.0. The van der Waals surface area contributed by atoms with Gasteiger partial charge in [0.2, 0.25) is 0 Å². The third-order valence-corrected chi connectivity index (χ3v) is 5.99. The maximum absolute atomic E-state index is 12.3. The van der Waals surface area contributed by atoms with E-state index in [2.05, 4.69) is 41.1 Å². The largest absolute Gasteiger partial charge is 0.504 e. The highest BCUT2D eigenvalue weighted by molar-refractivity contribution is 7.15. The SMILES string of the molecule is COC(=O)c1ccc(C(=O)N/N=C(/C)c2nn(C)c(-c3ccc(C(C)(C)C)cc3)c2O)s1. The fourth-order valence-electron chi connectivity index (χ4n) is 3.12. The first-order valence-electron chi connectivity index (χ1n) is 9.93. The van der Waals surface area contributed by atoms with E-state index >= 15 is 0 Å². The average Bonchev–Trinajstić information content (AvgIpc) is 3.35. The zero-order valence-corrected chi connectivity index (χ0v) is 19.7. The van der Waals surface area contributed by atoms with Gasteiger partial charge in [0.15, 0.2) is 11.4 Å². The van der Waals surface area contributed by atoms with Crippen LogP contribution in [0, 0.1) is 0 Å². The summed E-state index contributed by atoms with van der Waals surface area (Å²) < 4.78 is 6.23. The van der Waals surface area contributed by atoms with E-state index in [1.807, 2.05) is 24.3 Å². The number of aromatic nitrogens is 2. The number of nitrogens with one attached hydrogen (secondary N) is 1. The lowest BCUT2D eigenvalue weighted by Crippen LogP contribution is -2.18. The number of carbonyl (C=O) groups is 2. The van der Waals surface area contributed by atoms with Gasteiger partial charge in [0, 0.05) is 12.6 Å². The lowest BCUT2D eigenvalue weighted by molar-refractivity contribution is 0.0606. The van der Waals surface area contributed by atoms with Crippen molar-refractivity contribution in [1.29, 1.82) is 0 Å². The molecule has 0 aliphatic rings. The second-order valence-electron chi connectivity index (χ2n) is 8.29. The van der Waals surface area contributed by atoms with Crippen LogP contribution >= 0.6 is 11.3 Å². The van der Waals surface area contributed by atoms with E-state index in [0.29, 0.717) is 21.2 Å². The summed E-state index contributed by atoms with van der Waals surface area (Å²) >= 11 is 1.01. The van der Waals surface area contributed by atoms with Crippen molar-refractivity contribution in [1.82, 2.24) is 15.2 Å². The summed E-state index contributed by atoms with van der Waals surface area (Å²) in [5.74, 6) is -0.997. The normalized spacial score (nSPS) is 12.0. The lowest BCUT2D eigenvalue weighted by atomic mass is 9.86. The van der Waals surface area contributed by atoms with Crippen LogP contribution in [0.2, 0.25) is 0 Å². The molecule has 3 rings (SSSR count). The van der Waals surface area contributed by atoms with E-state index in [1.165, 1.54) is 24.8 Å². The molecule has 8 nitrogen and oxygen atoms in total. The van der Waals surface area contributed by atoms with Crippen LogP contribution in [0.3, 0.4) is 0 Å². The molecule has 0 bridgehead atoms. The molecule has 1 amide bonds. The molecule has 2 N–H and O–H groups in total. The molecule has 1 aromatic carbocycles. The summed E-state index contributed by atoms with van der Waals surface area (Å²) in [4.78, 5) is 24.5. The molecule has 0 fully saturated rings. The second-order valence-corrected chi connectivity index (χ2v) is 9.37. The van der Waals surface area contributed by atoms with Crippen LogP contribution in [-0.2, 0) is 17.2 Å². The minimum Gasteiger partial charge on any atom is -0.504 e. The Morgan fingerprint density at radius 1 is 1.12 bits per heavy atom. The van der Waals surface area contributed by atoms with E-state index in [4.69, 9.17) is 0 Å². The van der Waals surface area contributed by atoms with E-state index in [-0.39, 0.29) is 16.9 Å². The van der Waals surface area contributed by atoms with Crippen LogP contribution in [0.1, 0.15) is 58.3 Å². The molecule has 0 aliphatic carbocycles. The van der Waals surface area contributed by atoms with Crippen molar-refractivity contribution in [2.24, 2.45) is 12.1 Å². The van der Waals surface area contributed by atoms with Crippen molar-refractivity contribution < 1.29 is 19.4 Å². The van der Waals surface area contributed by atoms with Crippen molar-refractivity contribution in [2.45, 2.75) is 33.1 Å². The molecule has 0 atom stereocenters. The maximum atomic E-state index is 12.3. The number of nitrogens with zero attached hydrogens (tertiary/aromatic N) is 3. The number of methoxy groups -OCH3 is 1. The van der Waals surface area contributed by atoms with Gasteiger partial charge in [0.05, 0.1) is 17.7 Å². The highest BCUT2D eigenvalue weighted by atomic mass is 32.1. The van der Waals surface area contributed by atoms with Crippen LogP contribution in [0.5, 0.6) is 5.75 Å². The van der Waals surface area contributed by atoms with Gasteiger partial charge in [-0.05, 0) is 30.0 Å². The zero-order valence-electron chi connectivity index (χ0n) is 18.9. The Kier molecular flexibility index (Phi) is 6.50. The van der Waals surface area contributed by atoms with Crippen molar-refractivity contribution in [2.75, 3.05) is 7.11 Å². The quantitative estimate of drug-likeness (QED) is 0.343. The molecule has 2 aromatic heterocycles. The number of aromatic hydroxyl groups is 1. The number of benzene rings is 1. The minimum absolute atomic E-state index is 0.0180. The number of thiophene rings is 1. The topological polar surface area (TPSA) is 106 Å². The van der Waals surface area contributed by atoms with Crippen molar-refractivity contribution >= 4 is 28.9 Å². The number of aryl methyl sites for hydroxylation is 1. The van der Waals surface area contributed by atoms with Crippen LogP contribution < -0.4 is 5.43 Å². The van der Waals surface area contributed by atoms with Crippen LogP contribution in [0.4, 0.5) is 0 Å². The first kappa shape index (κ1) is 23.2. The van der Waals surface area contributed by atoms with E-state index < -0.39 is 11.9 Å². The van der Waals surface area contributed by atoms with Crippen LogP contribution in [0.25, 0.3) is 11.3 Å². The predicted molar refractivity (Wildman–Crippen MR) is 124 cm³/mol. The molecular formula is C23H26N4O4S. The first-order chi connectivity index (χ1) is 15.0. The standard InChI is InChI=1S/C23H26N4O4S/c1-13(24-25-21(29)16-11-12-17(32-16)22(30)31-6)18-20(28)19(27(5)26-18)14-7-9-15(10-8-14)23(2,3)4/h7-12,28H,1-6H3,(H,25,29)/b24-13-. The van der Waals surface area contributed by atoms with Gasteiger partial charge in [-0.25, -0.2) is 10.2 Å². The summed E-state index contributed by atoms with van der Waals surface area (Å²) in [6.07, 6.45) is 0. The van der Waals surface area contributed by atoms with Gasteiger partial charge in [-0.1, -0.05) is 45.0 Å². The predicted octanol–water partition coefficient (Wildman–Crippen LogP) is 4.09. The Labute approximate surface area is 190 Å². The highest BCUT2D eigenvalue weighted by Crippen LogP contribution is 2.33. The summed E-state index contributed by atoms with van der Waals surface area (Å²) in [7, 11) is 3.02. The second kappa shape index (κ2) is 8.96. The van der Waals surface area contributed by atoms with Gasteiger partial charge in [-0.15, -0.1) is 11.3 Å². The molecule has 9 heteroatoms. The number of hydrogen-bond donors (Lipinski definition) is 2. The molecule has 3 aromatic rings. The Balaban J connectivity index is 1.81. The molecule has 32 heavy (non-hydrogen) atoms. The van der Waals surface area contributed by atoms with Crippen LogP contribution in [0.15, 0.2) is 41.5 Å². The molecule has 0 unspecified atom stereocenters. The van der Waals surface area contributed by atoms with Crippen molar-refractivity contribution in [3.05, 3.63) is 57.4 Å². The molecule has 0 saturated carbocycles. The van der Waals surface area contributed by atoms with Crippen LogP contribution in [-0.4, -0.2) is 39.6 Å². The Hall–Kier alpha value is -3.46. The zero-order chi connectivity index (χ0) is 23.6. The van der Waals surface area contributed by atoms with Gasteiger partial charge >= 0.3 is 5.97 Å². The molecule has 0 saturated heterocycles. The molecular weight excluding hydrogens is 428 g/mol. The maximum Gasteiger partial charge on any atom is 0.348 e. The fraction of sp³-hybridized carbons (Fsp3) is 0.304. The lowest BCUT2D eigenvalue weighted by Gasteiger charge is -2.19. The summed E-state index contributed by atoms with van der Waals surface area (Å²) in [5.41, 5.74) is 5.64. The number of hydrogen-bond acceptors (Lipinski definition) is 7. The van der Waals surface area contributed by atoms with Crippen molar-refractivity contribution in [3.63, 3.8) is 0 Å². The molecule has 2 heterocycles. The summed E-state index contributed by atoms with van der Waals surface area (Å²) in [5, 5.41) is 19.3. The van der Waals surface area contributed by atoms with E-state index in [0.717, 1.165) is 16.9 Å². The van der Waals surface area contributed by atoms with Gasteiger partial charge in [-0.3, -0.25) is 9.48 Å². The van der Waals surface area contributed by atoms with Gasteiger partial charge in [0.1, 0.15) is 10.6 Å². The number of hydrazone groups is 1. The third kappa shape index (κ3) is 4.72. The first-order valence-corrected chi connectivity index (χ1v) is 10.7. The number of carbonyl (C=O) groups excluding carboxylic acids is 2.